The van der Waals surface area contributed by atoms with Gasteiger partial charge >= 0.3 is 0 Å². The van der Waals surface area contributed by atoms with Crippen LogP contribution < -0.4 is 5.32 Å². The lowest BCUT2D eigenvalue weighted by Gasteiger charge is -2.29. The minimum Gasteiger partial charge on any atom is -0.361 e. The van der Waals surface area contributed by atoms with Crippen LogP contribution in [0.15, 0.2) is 58.2 Å². The number of aryl methyl sites for hydroxylation is 2. The van der Waals surface area contributed by atoms with E-state index in [9.17, 15) is 0 Å². The van der Waals surface area contributed by atoms with Gasteiger partial charge in [0, 0.05) is 37.0 Å². The fraction of sp³-hybridized carbons (Fsp3) is 0.400. The van der Waals surface area contributed by atoms with Crippen LogP contribution in [0, 0.1) is 13.8 Å². The van der Waals surface area contributed by atoms with Gasteiger partial charge in [0.25, 0.3) is 0 Å². The van der Waals surface area contributed by atoms with Crippen LogP contribution in [0.3, 0.4) is 0 Å². The fourth-order valence-corrected chi connectivity index (χ4v) is 4.19. The third-order valence-electron chi connectivity index (χ3n) is 5.85. The van der Waals surface area contributed by atoms with Gasteiger partial charge in [-0.25, -0.2) is 4.98 Å². The Hall–Kier alpha value is -3.15. The topological polar surface area (TPSA) is 66.6 Å². The summed E-state index contributed by atoms with van der Waals surface area (Å²) in [6.07, 6.45) is 8.11. The monoisotopic (exact) mass is 417 g/mol. The van der Waals surface area contributed by atoms with Crippen LogP contribution in [-0.2, 0) is 6.54 Å². The molecule has 2 heterocycles. The van der Waals surface area contributed by atoms with Gasteiger partial charge in [-0.3, -0.25) is 0 Å². The number of nitrogens with one attached hydrogen (secondary N) is 1. The van der Waals surface area contributed by atoms with Crippen molar-refractivity contribution in [2.75, 3.05) is 7.05 Å². The van der Waals surface area contributed by atoms with Gasteiger partial charge in [0.1, 0.15) is 5.76 Å². The first-order valence-electron chi connectivity index (χ1n) is 11.1. The van der Waals surface area contributed by atoms with Crippen LogP contribution in [0.1, 0.15) is 49.1 Å². The Kier molecular flexibility index (Phi) is 6.65. The summed E-state index contributed by atoms with van der Waals surface area (Å²) >= 11 is 0. The van der Waals surface area contributed by atoms with Crippen molar-refractivity contribution in [3.63, 3.8) is 0 Å². The van der Waals surface area contributed by atoms with Gasteiger partial charge in [0.05, 0.1) is 5.69 Å². The van der Waals surface area contributed by atoms with Crippen LogP contribution in [0.2, 0.25) is 0 Å². The predicted molar refractivity (Wildman–Crippen MR) is 124 cm³/mol. The summed E-state index contributed by atoms with van der Waals surface area (Å²) in [6, 6.07) is 14.9. The van der Waals surface area contributed by atoms with E-state index in [1.807, 2.05) is 38.2 Å². The maximum absolute atomic E-state index is 5.30. The van der Waals surface area contributed by atoms with Gasteiger partial charge < -0.3 is 14.7 Å². The summed E-state index contributed by atoms with van der Waals surface area (Å²) in [7, 11) is 2.08. The minimum absolute atomic E-state index is 0.465. The van der Waals surface area contributed by atoms with Crippen LogP contribution in [-0.4, -0.2) is 34.1 Å². The Morgan fingerprint density at radius 3 is 2.52 bits per heavy atom. The summed E-state index contributed by atoms with van der Waals surface area (Å²) in [5, 5.41) is 7.74. The zero-order valence-electron chi connectivity index (χ0n) is 18.6. The van der Waals surface area contributed by atoms with Gasteiger partial charge in [0.15, 0.2) is 5.82 Å². The summed E-state index contributed by atoms with van der Waals surface area (Å²) in [4.78, 5) is 11.7. The number of guanidine groups is 1. The minimum atomic E-state index is 0.465. The maximum atomic E-state index is 5.30. The molecule has 31 heavy (non-hydrogen) atoms. The van der Waals surface area contributed by atoms with E-state index in [1.54, 1.807) is 0 Å². The molecule has 1 aromatic carbocycles. The van der Waals surface area contributed by atoms with Crippen molar-refractivity contribution in [1.29, 1.82) is 0 Å². The Morgan fingerprint density at radius 1 is 1.10 bits per heavy atom. The normalized spacial score (nSPS) is 15.1. The number of pyridine rings is 1. The summed E-state index contributed by atoms with van der Waals surface area (Å²) in [5.41, 5.74) is 4.13. The van der Waals surface area contributed by atoms with Crippen molar-refractivity contribution in [3.8, 4) is 11.1 Å². The Labute approximate surface area is 184 Å². The van der Waals surface area contributed by atoms with Crippen molar-refractivity contribution in [1.82, 2.24) is 20.4 Å². The average Bonchev–Trinajstić information content (AvgIpc) is 3.13. The maximum Gasteiger partial charge on any atom is 0.200 e. The van der Waals surface area contributed by atoms with Crippen LogP contribution in [0.5, 0.6) is 0 Å². The highest BCUT2D eigenvalue weighted by Crippen LogP contribution is 2.27. The SMILES string of the molecule is Cc1noc(C)c1-c1ccc(/N=C(/NC2CCCCC2)N(C)Cc2ccccc2)nc1. The molecule has 0 bridgehead atoms. The van der Waals surface area contributed by atoms with Gasteiger partial charge in [-0.15, -0.1) is 0 Å². The molecule has 0 unspecified atom stereocenters. The Bertz CT molecular complexity index is 985. The van der Waals surface area contributed by atoms with Crippen molar-refractivity contribution in [2.24, 2.45) is 4.99 Å². The van der Waals surface area contributed by atoms with Gasteiger partial charge in [-0.1, -0.05) is 54.8 Å². The van der Waals surface area contributed by atoms with Crippen LogP contribution >= 0.6 is 0 Å². The summed E-state index contributed by atoms with van der Waals surface area (Å²) < 4.78 is 5.30. The highest BCUT2D eigenvalue weighted by atomic mass is 16.5. The molecule has 162 valence electrons. The fourth-order valence-electron chi connectivity index (χ4n) is 4.19. The van der Waals surface area contributed by atoms with Crippen molar-refractivity contribution >= 4 is 11.8 Å². The smallest absolute Gasteiger partial charge is 0.200 e. The molecule has 0 spiro atoms. The van der Waals surface area contributed by atoms with E-state index >= 15 is 0 Å². The molecular weight excluding hydrogens is 386 g/mol. The molecule has 0 atom stereocenters. The lowest BCUT2D eigenvalue weighted by atomic mass is 9.96. The second-order valence-corrected chi connectivity index (χ2v) is 8.36. The summed E-state index contributed by atoms with van der Waals surface area (Å²) in [6.45, 7) is 4.66. The molecule has 0 aliphatic heterocycles. The second-order valence-electron chi connectivity index (χ2n) is 8.36. The molecule has 1 fully saturated rings. The van der Waals surface area contributed by atoms with Crippen molar-refractivity contribution in [2.45, 2.75) is 58.5 Å². The first-order valence-corrected chi connectivity index (χ1v) is 11.1. The third-order valence-corrected chi connectivity index (χ3v) is 5.85. The molecule has 6 nitrogen and oxygen atoms in total. The standard InChI is InChI=1S/C25H31N5O/c1-18-24(19(2)31-29-18)21-14-15-23(26-16-21)28-25(27-22-12-8-5-9-13-22)30(3)17-20-10-6-4-7-11-20/h4,6-7,10-11,14-16,22H,5,8-9,12-13,17H2,1-3H3,(H,26,27,28). The Balaban J connectivity index is 1.57. The van der Waals surface area contributed by atoms with Gasteiger partial charge in [-0.2, -0.15) is 4.99 Å². The Morgan fingerprint density at radius 2 is 1.87 bits per heavy atom. The van der Waals surface area contributed by atoms with E-state index in [0.717, 1.165) is 35.1 Å². The lowest BCUT2D eigenvalue weighted by molar-refractivity contribution is 0.387. The quantitative estimate of drug-likeness (QED) is 0.445. The molecule has 0 amide bonds. The molecule has 1 N–H and O–H groups in total. The van der Waals surface area contributed by atoms with E-state index in [1.165, 1.54) is 37.7 Å². The second kappa shape index (κ2) is 9.77. The predicted octanol–water partition coefficient (Wildman–Crippen LogP) is 5.40. The number of nitrogens with zero attached hydrogens (tertiary/aromatic N) is 4. The van der Waals surface area contributed by atoms with E-state index in [2.05, 4.69) is 51.7 Å². The number of aromatic nitrogens is 2. The largest absolute Gasteiger partial charge is 0.361 e. The molecule has 0 radical (unpaired) electrons. The molecule has 2 aromatic heterocycles. The van der Waals surface area contributed by atoms with E-state index in [-0.39, 0.29) is 0 Å². The lowest BCUT2D eigenvalue weighted by Crippen LogP contribution is -2.44. The zero-order valence-corrected chi connectivity index (χ0v) is 18.6. The van der Waals surface area contributed by atoms with E-state index in [0.29, 0.717) is 11.9 Å². The molecular formula is C25H31N5O. The zero-order chi connectivity index (χ0) is 21.6. The molecule has 4 rings (SSSR count). The summed E-state index contributed by atoms with van der Waals surface area (Å²) in [5.74, 6) is 2.36. The highest BCUT2D eigenvalue weighted by molar-refractivity contribution is 5.82. The first-order chi connectivity index (χ1) is 15.1. The average molecular weight is 418 g/mol. The molecule has 1 aliphatic carbocycles. The highest BCUT2D eigenvalue weighted by Gasteiger charge is 2.18. The molecule has 1 saturated carbocycles. The molecule has 0 saturated heterocycles. The molecule has 6 heteroatoms. The van der Waals surface area contributed by atoms with Gasteiger partial charge in [0.2, 0.25) is 5.96 Å². The van der Waals surface area contributed by atoms with Crippen LogP contribution in [0.25, 0.3) is 11.1 Å². The van der Waals surface area contributed by atoms with Crippen molar-refractivity contribution < 1.29 is 4.52 Å². The van der Waals surface area contributed by atoms with Crippen LogP contribution in [0.4, 0.5) is 5.82 Å². The first kappa shape index (κ1) is 21.1. The number of rotatable bonds is 5. The number of aliphatic imine (C=N–C) groups is 1. The molecule has 1 aliphatic rings. The van der Waals surface area contributed by atoms with Crippen molar-refractivity contribution in [3.05, 3.63) is 65.7 Å². The van der Waals surface area contributed by atoms with Gasteiger partial charge in [-0.05, 0) is 44.4 Å². The number of hydrogen-bond donors (Lipinski definition) is 1. The number of benzene rings is 1. The third kappa shape index (κ3) is 5.32. The number of hydrogen-bond acceptors (Lipinski definition) is 4. The van der Waals surface area contributed by atoms with E-state index < -0.39 is 0 Å². The van der Waals surface area contributed by atoms with E-state index in [4.69, 9.17) is 9.52 Å². The molecule has 3 aromatic rings.